The van der Waals surface area contributed by atoms with E-state index in [-0.39, 0.29) is 0 Å². The molecule has 1 N–H and O–H groups in total. The number of fused-ring (bicyclic) bond motifs is 3. The summed E-state index contributed by atoms with van der Waals surface area (Å²) in [6.07, 6.45) is 0.711. The fourth-order valence-electron chi connectivity index (χ4n) is 1.70. The number of H-pyrrole nitrogens is 1. The number of aromatic amines is 1. The van der Waals surface area contributed by atoms with Gasteiger partial charge in [0.25, 0.3) is 0 Å². The standard InChI is InChI=1S/C11H7NO2/c13-6-7-5-10-11(14-7)8-3-1-2-4-9(8)12-10/h1-6,12H. The smallest absolute Gasteiger partial charge is 0.185 e. The van der Waals surface area contributed by atoms with E-state index in [2.05, 4.69) is 4.98 Å². The van der Waals surface area contributed by atoms with Crippen molar-refractivity contribution in [3.8, 4) is 0 Å². The van der Waals surface area contributed by atoms with Crippen molar-refractivity contribution in [1.82, 2.24) is 4.98 Å². The van der Waals surface area contributed by atoms with Crippen LogP contribution in [-0.2, 0) is 0 Å². The van der Waals surface area contributed by atoms with Gasteiger partial charge in [0.1, 0.15) is 0 Å². The molecule has 0 bridgehead atoms. The maximum absolute atomic E-state index is 10.5. The predicted molar refractivity (Wildman–Crippen MR) is 53.5 cm³/mol. The van der Waals surface area contributed by atoms with Gasteiger partial charge in [-0.15, -0.1) is 0 Å². The van der Waals surface area contributed by atoms with Gasteiger partial charge in [-0.05, 0) is 12.1 Å². The molecule has 14 heavy (non-hydrogen) atoms. The second kappa shape index (κ2) is 2.48. The lowest BCUT2D eigenvalue weighted by molar-refractivity contribution is 0.110. The third-order valence-corrected chi connectivity index (χ3v) is 2.31. The molecule has 0 aliphatic carbocycles. The zero-order valence-electron chi connectivity index (χ0n) is 7.28. The van der Waals surface area contributed by atoms with Crippen molar-refractivity contribution < 1.29 is 9.21 Å². The van der Waals surface area contributed by atoms with Crippen LogP contribution in [0.2, 0.25) is 0 Å². The average molecular weight is 185 g/mol. The van der Waals surface area contributed by atoms with Crippen LogP contribution in [0.3, 0.4) is 0 Å². The number of hydrogen-bond donors (Lipinski definition) is 1. The highest BCUT2D eigenvalue weighted by atomic mass is 16.3. The zero-order chi connectivity index (χ0) is 9.54. The fraction of sp³-hybridized carbons (Fsp3) is 0. The van der Waals surface area contributed by atoms with Crippen molar-refractivity contribution in [2.75, 3.05) is 0 Å². The number of nitrogens with one attached hydrogen (secondary N) is 1. The Morgan fingerprint density at radius 1 is 1.21 bits per heavy atom. The second-order valence-corrected chi connectivity index (χ2v) is 3.18. The second-order valence-electron chi connectivity index (χ2n) is 3.18. The van der Waals surface area contributed by atoms with Crippen molar-refractivity contribution in [3.05, 3.63) is 36.1 Å². The summed E-state index contributed by atoms with van der Waals surface area (Å²) < 4.78 is 5.37. The normalized spacial score (nSPS) is 11.1. The third-order valence-electron chi connectivity index (χ3n) is 2.31. The molecule has 0 atom stereocenters. The Labute approximate surface area is 79.3 Å². The van der Waals surface area contributed by atoms with Crippen LogP contribution in [0.4, 0.5) is 0 Å². The van der Waals surface area contributed by atoms with Crippen LogP contribution in [0.15, 0.2) is 34.7 Å². The Bertz CT molecular complexity index is 618. The number of benzene rings is 1. The maximum Gasteiger partial charge on any atom is 0.185 e. The van der Waals surface area contributed by atoms with Crippen molar-refractivity contribution in [3.63, 3.8) is 0 Å². The van der Waals surface area contributed by atoms with Gasteiger partial charge >= 0.3 is 0 Å². The van der Waals surface area contributed by atoms with E-state index < -0.39 is 0 Å². The first-order valence-corrected chi connectivity index (χ1v) is 4.34. The number of aldehydes is 1. The first kappa shape index (κ1) is 7.38. The van der Waals surface area contributed by atoms with Crippen LogP contribution in [0.1, 0.15) is 10.6 Å². The van der Waals surface area contributed by atoms with E-state index in [4.69, 9.17) is 4.42 Å². The van der Waals surface area contributed by atoms with E-state index in [9.17, 15) is 4.79 Å². The number of para-hydroxylation sites is 1. The molecule has 0 spiro atoms. The number of aromatic nitrogens is 1. The van der Waals surface area contributed by atoms with Gasteiger partial charge < -0.3 is 9.40 Å². The minimum Gasteiger partial charge on any atom is -0.451 e. The molecular formula is C11H7NO2. The van der Waals surface area contributed by atoms with Gasteiger partial charge in [0.05, 0.1) is 5.52 Å². The molecule has 2 heterocycles. The highest BCUT2D eigenvalue weighted by molar-refractivity contribution is 6.05. The molecule has 3 rings (SSSR count). The monoisotopic (exact) mass is 185 g/mol. The summed E-state index contributed by atoms with van der Waals surface area (Å²) in [5, 5.41) is 1.01. The summed E-state index contributed by atoms with van der Waals surface area (Å²) in [6.45, 7) is 0. The molecule has 0 saturated heterocycles. The minimum absolute atomic E-state index is 0.358. The van der Waals surface area contributed by atoms with E-state index in [0.717, 1.165) is 22.0 Å². The summed E-state index contributed by atoms with van der Waals surface area (Å²) in [4.78, 5) is 13.7. The highest BCUT2D eigenvalue weighted by Gasteiger charge is 2.08. The van der Waals surface area contributed by atoms with Gasteiger partial charge in [-0.3, -0.25) is 4.79 Å². The van der Waals surface area contributed by atoms with Crippen molar-refractivity contribution >= 4 is 28.3 Å². The first-order valence-electron chi connectivity index (χ1n) is 4.34. The summed E-state index contributed by atoms with van der Waals surface area (Å²) in [5.41, 5.74) is 2.65. The van der Waals surface area contributed by atoms with Gasteiger partial charge in [-0.2, -0.15) is 0 Å². The van der Waals surface area contributed by atoms with Gasteiger partial charge in [0, 0.05) is 17.0 Å². The molecule has 1 aromatic carbocycles. The third kappa shape index (κ3) is 0.836. The van der Waals surface area contributed by atoms with Crippen LogP contribution in [0.5, 0.6) is 0 Å². The molecule has 3 nitrogen and oxygen atoms in total. The Hall–Kier alpha value is -2.03. The van der Waals surface area contributed by atoms with Crippen molar-refractivity contribution in [2.45, 2.75) is 0 Å². The lowest BCUT2D eigenvalue weighted by Crippen LogP contribution is -1.70. The van der Waals surface area contributed by atoms with Crippen LogP contribution in [0, 0.1) is 0 Å². The number of carbonyl (C=O) groups excluding carboxylic acids is 1. The maximum atomic E-state index is 10.5. The lowest BCUT2D eigenvalue weighted by atomic mass is 10.2. The van der Waals surface area contributed by atoms with Gasteiger partial charge in [-0.25, -0.2) is 0 Å². The van der Waals surface area contributed by atoms with Crippen molar-refractivity contribution in [1.29, 1.82) is 0 Å². The number of rotatable bonds is 1. The van der Waals surface area contributed by atoms with E-state index >= 15 is 0 Å². The average Bonchev–Trinajstić information content (AvgIpc) is 2.73. The van der Waals surface area contributed by atoms with E-state index in [1.54, 1.807) is 6.07 Å². The molecule has 0 aliphatic rings. The Morgan fingerprint density at radius 2 is 2.07 bits per heavy atom. The molecule has 0 amide bonds. The van der Waals surface area contributed by atoms with Crippen LogP contribution in [0.25, 0.3) is 22.0 Å². The summed E-state index contributed by atoms with van der Waals surface area (Å²) in [6, 6.07) is 9.55. The van der Waals surface area contributed by atoms with Gasteiger partial charge in [0.2, 0.25) is 0 Å². The zero-order valence-corrected chi connectivity index (χ0v) is 7.28. The number of furan rings is 1. The predicted octanol–water partition coefficient (Wildman–Crippen LogP) is 2.73. The molecule has 2 aromatic heterocycles. The lowest BCUT2D eigenvalue weighted by Gasteiger charge is -1.86. The molecule has 0 radical (unpaired) electrons. The van der Waals surface area contributed by atoms with E-state index in [0.29, 0.717) is 12.0 Å². The van der Waals surface area contributed by atoms with Crippen LogP contribution < -0.4 is 0 Å². The minimum atomic E-state index is 0.358. The molecule has 3 aromatic rings. The van der Waals surface area contributed by atoms with E-state index in [1.807, 2.05) is 24.3 Å². The molecule has 68 valence electrons. The highest BCUT2D eigenvalue weighted by Crippen LogP contribution is 2.27. The Kier molecular flexibility index (Phi) is 1.31. The largest absolute Gasteiger partial charge is 0.451 e. The van der Waals surface area contributed by atoms with Crippen molar-refractivity contribution in [2.24, 2.45) is 0 Å². The SMILES string of the molecule is O=Cc1cc2[nH]c3ccccc3c2o1. The quantitative estimate of drug-likeness (QED) is 0.592. The molecular weight excluding hydrogens is 178 g/mol. The number of hydrogen-bond acceptors (Lipinski definition) is 2. The van der Waals surface area contributed by atoms with Crippen LogP contribution >= 0.6 is 0 Å². The molecule has 0 unspecified atom stereocenters. The molecule has 0 fully saturated rings. The van der Waals surface area contributed by atoms with Crippen LogP contribution in [-0.4, -0.2) is 11.3 Å². The first-order chi connectivity index (χ1) is 6.88. The Morgan fingerprint density at radius 3 is 2.93 bits per heavy atom. The van der Waals surface area contributed by atoms with Gasteiger partial charge in [-0.1, -0.05) is 12.1 Å². The molecule has 3 heteroatoms. The summed E-state index contributed by atoms with van der Waals surface area (Å²) in [7, 11) is 0. The van der Waals surface area contributed by atoms with E-state index in [1.165, 1.54) is 0 Å². The fourth-order valence-corrected chi connectivity index (χ4v) is 1.70. The Balaban J connectivity index is 2.50. The number of carbonyl (C=O) groups is 1. The van der Waals surface area contributed by atoms with Gasteiger partial charge in [0.15, 0.2) is 17.6 Å². The summed E-state index contributed by atoms with van der Waals surface area (Å²) >= 11 is 0. The molecule has 0 saturated carbocycles. The topological polar surface area (TPSA) is 46.0 Å². The molecule has 0 aliphatic heterocycles. The summed E-state index contributed by atoms with van der Waals surface area (Å²) in [5.74, 6) is 0.358.